The van der Waals surface area contributed by atoms with Crippen LogP contribution in [0.15, 0.2) is 36.4 Å². The van der Waals surface area contributed by atoms with Gasteiger partial charge in [0, 0.05) is 29.4 Å². The summed E-state index contributed by atoms with van der Waals surface area (Å²) in [5.74, 6) is -0.213. The molecular weight excluding hydrogens is 297 g/mol. The zero-order valence-corrected chi connectivity index (χ0v) is 14.1. The lowest BCUT2D eigenvalue weighted by molar-refractivity contribution is 0.0976. The molecule has 2 rings (SSSR count). The largest absolute Gasteiger partial charge is 0.392 e. The van der Waals surface area contributed by atoms with Gasteiger partial charge in [-0.1, -0.05) is 25.5 Å². The molecule has 0 aliphatic heterocycles. The quantitative estimate of drug-likeness (QED) is 0.781. The number of aryl methyl sites for hydroxylation is 1. The Hall–Kier alpha value is -1.23. The van der Waals surface area contributed by atoms with Gasteiger partial charge in [0.05, 0.1) is 6.10 Å². The molecule has 0 unspecified atom stereocenters. The lowest BCUT2D eigenvalue weighted by atomic mass is 10.1. The van der Waals surface area contributed by atoms with Gasteiger partial charge in [-0.05, 0) is 43.2 Å². The topological polar surface area (TPSA) is 23.5 Å². The maximum atomic E-state index is 13.0. The highest BCUT2D eigenvalue weighted by Crippen LogP contribution is 2.19. The van der Waals surface area contributed by atoms with Gasteiger partial charge in [0.1, 0.15) is 5.82 Å². The molecule has 0 amide bonds. The predicted octanol–water partition coefficient (Wildman–Crippen LogP) is 4.36. The zero-order valence-electron chi connectivity index (χ0n) is 13.3. The average molecular weight is 321 g/mol. The van der Waals surface area contributed by atoms with Crippen LogP contribution in [-0.2, 0) is 13.1 Å². The summed E-state index contributed by atoms with van der Waals surface area (Å²) in [5, 5.41) is 10.1. The summed E-state index contributed by atoms with van der Waals surface area (Å²) >= 11 is 1.79. The number of aliphatic hydroxyl groups is 1. The third-order valence-electron chi connectivity index (χ3n) is 3.59. The van der Waals surface area contributed by atoms with Gasteiger partial charge < -0.3 is 5.11 Å². The molecule has 2 aromatic rings. The molecule has 1 N–H and O–H groups in total. The molecule has 1 heterocycles. The van der Waals surface area contributed by atoms with E-state index in [4.69, 9.17) is 0 Å². The van der Waals surface area contributed by atoms with Crippen LogP contribution in [0.5, 0.6) is 0 Å². The van der Waals surface area contributed by atoms with E-state index in [1.165, 1.54) is 21.9 Å². The lowest BCUT2D eigenvalue weighted by Crippen LogP contribution is -2.31. The fourth-order valence-electron chi connectivity index (χ4n) is 2.55. The van der Waals surface area contributed by atoms with Gasteiger partial charge in [0.15, 0.2) is 0 Å². The molecule has 2 nitrogen and oxygen atoms in total. The molecule has 0 radical (unpaired) electrons. The number of nitrogens with zero attached hydrogens (tertiary/aromatic N) is 1. The summed E-state index contributed by atoms with van der Waals surface area (Å²) in [6.45, 7) is 6.36. The first kappa shape index (κ1) is 17.1. The Bertz CT molecular complexity index is 567. The second-order valence-electron chi connectivity index (χ2n) is 5.75. The Balaban J connectivity index is 2.04. The summed E-state index contributed by atoms with van der Waals surface area (Å²) in [6.07, 6.45) is 1.47. The van der Waals surface area contributed by atoms with E-state index in [0.29, 0.717) is 6.54 Å². The van der Waals surface area contributed by atoms with Crippen molar-refractivity contribution in [2.45, 2.75) is 45.9 Å². The number of thiophene rings is 1. The minimum absolute atomic E-state index is 0.213. The SMILES string of the molecule is CCC[C@H](O)CN(Cc1ccc(F)cc1)Cc1ccc(C)s1. The summed E-state index contributed by atoms with van der Waals surface area (Å²) in [5.41, 5.74) is 1.07. The Morgan fingerprint density at radius 3 is 2.45 bits per heavy atom. The third kappa shape index (κ3) is 5.52. The van der Waals surface area contributed by atoms with Crippen molar-refractivity contribution < 1.29 is 9.50 Å². The number of benzene rings is 1. The van der Waals surface area contributed by atoms with Crippen molar-refractivity contribution in [3.63, 3.8) is 0 Å². The fourth-order valence-corrected chi connectivity index (χ4v) is 3.48. The van der Waals surface area contributed by atoms with Crippen LogP contribution in [0.25, 0.3) is 0 Å². The van der Waals surface area contributed by atoms with Crippen LogP contribution in [0, 0.1) is 12.7 Å². The normalized spacial score (nSPS) is 12.8. The molecule has 0 bridgehead atoms. The highest BCUT2D eigenvalue weighted by Gasteiger charge is 2.13. The molecule has 0 aliphatic carbocycles. The maximum absolute atomic E-state index is 13.0. The van der Waals surface area contributed by atoms with Crippen LogP contribution in [0.1, 0.15) is 35.1 Å². The first-order chi connectivity index (χ1) is 10.6. The van der Waals surface area contributed by atoms with Crippen molar-refractivity contribution in [1.82, 2.24) is 4.90 Å². The molecule has 1 aromatic carbocycles. The van der Waals surface area contributed by atoms with Crippen molar-refractivity contribution in [2.24, 2.45) is 0 Å². The summed E-state index contributed by atoms with van der Waals surface area (Å²) in [6, 6.07) is 10.9. The first-order valence-electron chi connectivity index (χ1n) is 7.77. The van der Waals surface area contributed by atoms with Crippen molar-refractivity contribution in [2.75, 3.05) is 6.54 Å². The van der Waals surface area contributed by atoms with Crippen LogP contribution >= 0.6 is 11.3 Å². The van der Waals surface area contributed by atoms with Gasteiger partial charge in [0.2, 0.25) is 0 Å². The Morgan fingerprint density at radius 1 is 1.14 bits per heavy atom. The highest BCUT2D eigenvalue weighted by atomic mass is 32.1. The Kier molecular flexibility index (Phi) is 6.55. The van der Waals surface area contributed by atoms with Crippen LogP contribution < -0.4 is 0 Å². The molecule has 0 saturated heterocycles. The summed E-state index contributed by atoms with van der Waals surface area (Å²) in [7, 11) is 0. The van der Waals surface area contributed by atoms with E-state index in [9.17, 15) is 9.50 Å². The number of aliphatic hydroxyl groups excluding tert-OH is 1. The Morgan fingerprint density at radius 2 is 1.86 bits per heavy atom. The van der Waals surface area contributed by atoms with E-state index >= 15 is 0 Å². The van der Waals surface area contributed by atoms with Crippen LogP contribution in [0.3, 0.4) is 0 Å². The van der Waals surface area contributed by atoms with Crippen LogP contribution in [0.4, 0.5) is 4.39 Å². The minimum Gasteiger partial charge on any atom is -0.392 e. The molecule has 0 aliphatic rings. The van der Waals surface area contributed by atoms with E-state index < -0.39 is 0 Å². The van der Waals surface area contributed by atoms with Gasteiger partial charge in [0.25, 0.3) is 0 Å². The minimum atomic E-state index is -0.313. The van der Waals surface area contributed by atoms with E-state index in [2.05, 4.69) is 30.9 Å². The second-order valence-corrected chi connectivity index (χ2v) is 7.12. The van der Waals surface area contributed by atoms with Gasteiger partial charge in [-0.15, -0.1) is 11.3 Å². The van der Waals surface area contributed by atoms with E-state index in [1.807, 2.05) is 12.1 Å². The standard InChI is InChI=1S/C18H24FNOS/c1-3-4-17(21)12-20(13-18-10-5-14(2)22-18)11-15-6-8-16(19)9-7-15/h5-10,17,21H,3-4,11-13H2,1-2H3/t17-/m0/s1. The number of hydrogen-bond acceptors (Lipinski definition) is 3. The number of halogens is 1. The lowest BCUT2D eigenvalue weighted by Gasteiger charge is -2.24. The number of hydrogen-bond donors (Lipinski definition) is 1. The molecular formula is C18H24FNOS. The van der Waals surface area contributed by atoms with E-state index in [1.54, 1.807) is 11.3 Å². The smallest absolute Gasteiger partial charge is 0.123 e. The van der Waals surface area contributed by atoms with Crippen molar-refractivity contribution in [3.8, 4) is 0 Å². The van der Waals surface area contributed by atoms with Crippen molar-refractivity contribution >= 4 is 11.3 Å². The van der Waals surface area contributed by atoms with Gasteiger partial charge in [-0.3, -0.25) is 4.90 Å². The fraction of sp³-hybridized carbons (Fsp3) is 0.444. The molecule has 0 fully saturated rings. The van der Waals surface area contributed by atoms with E-state index in [-0.39, 0.29) is 11.9 Å². The van der Waals surface area contributed by atoms with Gasteiger partial charge in [-0.25, -0.2) is 4.39 Å². The van der Waals surface area contributed by atoms with Crippen LogP contribution in [-0.4, -0.2) is 22.7 Å². The van der Waals surface area contributed by atoms with Gasteiger partial charge in [-0.2, -0.15) is 0 Å². The van der Waals surface area contributed by atoms with Crippen molar-refractivity contribution in [1.29, 1.82) is 0 Å². The van der Waals surface area contributed by atoms with Crippen LogP contribution in [0.2, 0.25) is 0 Å². The molecule has 1 atom stereocenters. The third-order valence-corrected chi connectivity index (χ3v) is 4.57. The predicted molar refractivity (Wildman–Crippen MR) is 90.5 cm³/mol. The summed E-state index contributed by atoms with van der Waals surface area (Å²) in [4.78, 5) is 4.83. The maximum Gasteiger partial charge on any atom is 0.123 e. The van der Waals surface area contributed by atoms with E-state index in [0.717, 1.165) is 31.5 Å². The molecule has 0 spiro atoms. The van der Waals surface area contributed by atoms with Gasteiger partial charge >= 0.3 is 0 Å². The number of rotatable bonds is 8. The van der Waals surface area contributed by atoms with Crippen molar-refractivity contribution in [3.05, 3.63) is 57.5 Å². The highest BCUT2D eigenvalue weighted by molar-refractivity contribution is 7.11. The molecule has 0 saturated carbocycles. The summed E-state index contributed by atoms with van der Waals surface area (Å²) < 4.78 is 13.0. The Labute approximate surface area is 136 Å². The average Bonchev–Trinajstić information content (AvgIpc) is 2.87. The second kappa shape index (κ2) is 8.42. The molecule has 1 aromatic heterocycles. The first-order valence-corrected chi connectivity index (χ1v) is 8.58. The zero-order chi connectivity index (χ0) is 15.9. The monoisotopic (exact) mass is 321 g/mol. The molecule has 4 heteroatoms. The molecule has 120 valence electrons. The molecule has 22 heavy (non-hydrogen) atoms.